The van der Waals surface area contributed by atoms with Crippen molar-refractivity contribution in [2.45, 2.75) is 90.2 Å². The minimum atomic E-state index is -1.45. The average molecular weight is 483 g/mol. The lowest BCUT2D eigenvalue weighted by Gasteiger charge is -2.60. The fourth-order valence-electron chi connectivity index (χ4n) is 6.38. The molecule has 9 atom stereocenters. The van der Waals surface area contributed by atoms with Crippen LogP contribution in [0.1, 0.15) is 48.0 Å². The van der Waals surface area contributed by atoms with E-state index in [-0.39, 0.29) is 25.6 Å². The quantitative estimate of drug-likeness (QED) is 0.240. The molecule has 2 saturated heterocycles. The van der Waals surface area contributed by atoms with Gasteiger partial charge in [0.25, 0.3) is 0 Å². The molecule has 0 aromatic heterocycles. The summed E-state index contributed by atoms with van der Waals surface area (Å²) in [5.41, 5.74) is -3.20. The van der Waals surface area contributed by atoms with Gasteiger partial charge in [-0.15, -0.1) is 0 Å². The van der Waals surface area contributed by atoms with Crippen molar-refractivity contribution in [3.05, 3.63) is 11.6 Å². The zero-order valence-corrected chi connectivity index (χ0v) is 20.4. The van der Waals surface area contributed by atoms with E-state index < -0.39 is 71.0 Å². The van der Waals surface area contributed by atoms with Crippen molar-refractivity contribution in [2.24, 2.45) is 16.7 Å². The SMILES string of the molecule is CC(=O)OC[C@]12C(O)[C@H](OC(=O)CC(C)C)C(C)=C[C@H]1O[C@@H]1[C@H](O)[C@@H](OC(C)=O)[C@@]2(C)[C@]12CO2. The number of fused-ring (bicyclic) bond motifs is 2. The van der Waals surface area contributed by atoms with Crippen molar-refractivity contribution in [1.82, 2.24) is 0 Å². The number of aliphatic hydroxyl groups excluding tert-OH is 2. The maximum Gasteiger partial charge on any atom is 0.306 e. The van der Waals surface area contributed by atoms with E-state index in [4.69, 9.17) is 23.7 Å². The Morgan fingerprint density at radius 3 is 2.35 bits per heavy atom. The maximum atomic E-state index is 12.6. The van der Waals surface area contributed by atoms with E-state index in [1.807, 2.05) is 13.8 Å². The zero-order chi connectivity index (χ0) is 25.2. The molecule has 2 N–H and O–H groups in total. The van der Waals surface area contributed by atoms with Gasteiger partial charge in [0, 0.05) is 20.3 Å². The molecule has 1 saturated carbocycles. The molecule has 4 rings (SSSR count). The summed E-state index contributed by atoms with van der Waals surface area (Å²) in [6.45, 7) is 9.58. The van der Waals surface area contributed by atoms with E-state index >= 15 is 0 Å². The summed E-state index contributed by atoms with van der Waals surface area (Å²) in [5.74, 6) is -1.63. The van der Waals surface area contributed by atoms with Gasteiger partial charge < -0.3 is 33.9 Å². The van der Waals surface area contributed by atoms with Crippen LogP contribution >= 0.6 is 0 Å². The van der Waals surface area contributed by atoms with Crippen LogP contribution in [0.5, 0.6) is 0 Å². The van der Waals surface area contributed by atoms with Gasteiger partial charge in [0.2, 0.25) is 0 Å². The second-order valence-electron chi connectivity index (χ2n) is 10.6. The summed E-state index contributed by atoms with van der Waals surface area (Å²) in [6.07, 6.45) is -4.59. The van der Waals surface area contributed by atoms with Crippen LogP contribution < -0.4 is 0 Å². The smallest absolute Gasteiger partial charge is 0.306 e. The molecule has 4 aliphatic rings. The van der Waals surface area contributed by atoms with Crippen molar-refractivity contribution < 1.29 is 48.3 Å². The number of epoxide rings is 1. The van der Waals surface area contributed by atoms with Crippen molar-refractivity contribution >= 4 is 17.9 Å². The van der Waals surface area contributed by atoms with Crippen LogP contribution in [0.15, 0.2) is 11.6 Å². The first-order valence-corrected chi connectivity index (χ1v) is 11.7. The molecule has 2 bridgehead atoms. The minimum Gasteiger partial charge on any atom is -0.465 e. The molecular formula is C24H34O10. The molecular weight excluding hydrogens is 448 g/mol. The molecule has 0 aromatic carbocycles. The number of esters is 3. The number of aliphatic hydroxyl groups is 2. The van der Waals surface area contributed by atoms with Gasteiger partial charge in [-0.25, -0.2) is 0 Å². The van der Waals surface area contributed by atoms with Crippen molar-refractivity contribution in [1.29, 1.82) is 0 Å². The number of hydrogen-bond acceptors (Lipinski definition) is 10. The minimum absolute atomic E-state index is 0.0537. The van der Waals surface area contributed by atoms with Crippen LogP contribution in [0.2, 0.25) is 0 Å². The number of rotatable bonds is 6. The highest BCUT2D eigenvalue weighted by Crippen LogP contribution is 2.72. The van der Waals surface area contributed by atoms with Gasteiger partial charge in [-0.05, 0) is 18.4 Å². The standard InChI is InChI=1S/C24H34O10/c1-11(2)7-16(27)34-18-12(3)8-15-23(19(18)29,9-30-13(4)25)22(6)20(32-14(5)26)17(28)21(33-15)24(22)10-31-24/h8,11,15,17-21,28-29H,7,9-10H2,1-6H3/t15-,17-,18-,19?,20-,21-,22-,23-,24+/m1/s1. The molecule has 0 aromatic rings. The Morgan fingerprint density at radius 2 is 1.82 bits per heavy atom. The highest BCUT2D eigenvalue weighted by Gasteiger charge is 2.87. The van der Waals surface area contributed by atoms with Crippen LogP contribution in [0, 0.1) is 16.7 Å². The van der Waals surface area contributed by atoms with Crippen molar-refractivity contribution in [2.75, 3.05) is 13.2 Å². The van der Waals surface area contributed by atoms with Gasteiger partial charge in [-0.1, -0.05) is 26.8 Å². The Bertz CT molecular complexity index is 907. The van der Waals surface area contributed by atoms with E-state index in [0.717, 1.165) is 0 Å². The lowest BCUT2D eigenvalue weighted by atomic mass is 9.49. The van der Waals surface area contributed by atoms with E-state index in [0.29, 0.717) is 5.57 Å². The molecule has 2 heterocycles. The lowest BCUT2D eigenvalue weighted by molar-refractivity contribution is -0.276. The molecule has 190 valence electrons. The Morgan fingerprint density at radius 1 is 1.18 bits per heavy atom. The molecule has 2 aliphatic heterocycles. The maximum absolute atomic E-state index is 12.6. The molecule has 34 heavy (non-hydrogen) atoms. The first kappa shape index (κ1) is 25.1. The Balaban J connectivity index is 1.85. The molecule has 0 radical (unpaired) electrons. The van der Waals surface area contributed by atoms with Crippen LogP contribution in [-0.4, -0.2) is 83.6 Å². The van der Waals surface area contributed by atoms with Gasteiger partial charge in [0.05, 0.1) is 23.5 Å². The van der Waals surface area contributed by atoms with E-state index in [2.05, 4.69) is 0 Å². The molecule has 10 nitrogen and oxygen atoms in total. The van der Waals surface area contributed by atoms with Crippen molar-refractivity contribution in [3.8, 4) is 0 Å². The van der Waals surface area contributed by atoms with Crippen molar-refractivity contribution in [3.63, 3.8) is 0 Å². The summed E-state index contributed by atoms with van der Waals surface area (Å²) in [6, 6.07) is 0. The van der Waals surface area contributed by atoms with Crippen LogP contribution in [0.3, 0.4) is 0 Å². The van der Waals surface area contributed by atoms with Gasteiger partial charge in [0.15, 0.2) is 0 Å². The second-order valence-corrected chi connectivity index (χ2v) is 10.6. The van der Waals surface area contributed by atoms with Crippen LogP contribution in [-0.2, 0) is 38.1 Å². The Hall–Kier alpha value is -2.01. The number of ether oxygens (including phenoxy) is 5. The summed E-state index contributed by atoms with van der Waals surface area (Å²) < 4.78 is 29.0. The zero-order valence-electron chi connectivity index (χ0n) is 20.4. The Kier molecular flexibility index (Phi) is 6.12. The van der Waals surface area contributed by atoms with Crippen LogP contribution in [0.25, 0.3) is 0 Å². The topological polar surface area (TPSA) is 141 Å². The largest absolute Gasteiger partial charge is 0.465 e. The predicted octanol–water partition coefficient (Wildman–Crippen LogP) is 0.664. The lowest BCUT2D eigenvalue weighted by Crippen LogP contribution is -2.73. The third-order valence-corrected chi connectivity index (χ3v) is 8.07. The second kappa shape index (κ2) is 8.29. The van der Waals surface area contributed by atoms with Crippen LogP contribution in [0.4, 0.5) is 0 Å². The summed E-state index contributed by atoms with van der Waals surface area (Å²) in [5, 5.41) is 23.1. The molecule has 1 spiro atoms. The monoisotopic (exact) mass is 482 g/mol. The first-order chi connectivity index (χ1) is 15.8. The van der Waals surface area contributed by atoms with Gasteiger partial charge >= 0.3 is 17.9 Å². The molecule has 1 unspecified atom stereocenters. The first-order valence-electron chi connectivity index (χ1n) is 11.7. The Labute approximate surface area is 198 Å². The predicted molar refractivity (Wildman–Crippen MR) is 115 cm³/mol. The number of carbonyl (C=O) groups is 3. The summed E-state index contributed by atoms with van der Waals surface area (Å²) in [4.78, 5) is 36.5. The summed E-state index contributed by atoms with van der Waals surface area (Å²) in [7, 11) is 0. The van der Waals surface area contributed by atoms with E-state index in [9.17, 15) is 24.6 Å². The normalized spacial score (nSPS) is 44.3. The molecule has 0 amide bonds. The molecule has 2 aliphatic carbocycles. The highest BCUT2D eigenvalue weighted by atomic mass is 16.7. The fourth-order valence-corrected chi connectivity index (χ4v) is 6.38. The van der Waals surface area contributed by atoms with E-state index in [1.54, 1.807) is 19.9 Å². The average Bonchev–Trinajstić information content (AvgIpc) is 3.50. The highest BCUT2D eigenvalue weighted by molar-refractivity contribution is 5.70. The molecule has 10 heteroatoms. The number of carbonyl (C=O) groups excluding carboxylic acids is 3. The number of hydrogen-bond donors (Lipinski definition) is 2. The van der Waals surface area contributed by atoms with Gasteiger partial charge in [0.1, 0.15) is 42.7 Å². The molecule has 3 fully saturated rings. The third-order valence-electron chi connectivity index (χ3n) is 8.07. The fraction of sp³-hybridized carbons (Fsp3) is 0.792. The van der Waals surface area contributed by atoms with E-state index in [1.165, 1.54) is 13.8 Å². The third kappa shape index (κ3) is 3.33. The van der Waals surface area contributed by atoms with Gasteiger partial charge in [-0.2, -0.15) is 0 Å². The summed E-state index contributed by atoms with van der Waals surface area (Å²) >= 11 is 0. The van der Waals surface area contributed by atoms with Gasteiger partial charge in [-0.3, -0.25) is 14.4 Å².